The number of nitro benzene ring substituents is 1. The summed E-state index contributed by atoms with van der Waals surface area (Å²) >= 11 is 0. The molecule has 0 aliphatic heterocycles. The second kappa shape index (κ2) is 6.53. The number of rotatable bonds is 6. The van der Waals surface area contributed by atoms with E-state index in [0.717, 1.165) is 31.7 Å². The molecule has 1 aliphatic rings. The van der Waals surface area contributed by atoms with E-state index in [2.05, 4.69) is 0 Å². The monoisotopic (exact) mass is 295 g/mol. The molecule has 1 unspecified atom stereocenters. The Hall–Kier alpha value is -2.15. The first-order chi connectivity index (χ1) is 10.0. The largest absolute Gasteiger partial charge is 0.478 e. The van der Waals surface area contributed by atoms with Gasteiger partial charge in [-0.2, -0.15) is 0 Å². The van der Waals surface area contributed by atoms with E-state index in [-0.39, 0.29) is 22.9 Å². The average molecular weight is 295 g/mol. The Labute approximate surface area is 121 Å². The van der Waals surface area contributed by atoms with Gasteiger partial charge in [0.2, 0.25) is 12.0 Å². The van der Waals surface area contributed by atoms with Crippen molar-refractivity contribution in [2.75, 3.05) is 7.11 Å². The first-order valence-electron chi connectivity index (χ1n) is 6.74. The third-order valence-corrected chi connectivity index (χ3v) is 3.66. The van der Waals surface area contributed by atoms with Crippen LogP contribution < -0.4 is 4.74 Å². The van der Waals surface area contributed by atoms with Crippen LogP contribution in [-0.2, 0) is 4.74 Å². The summed E-state index contributed by atoms with van der Waals surface area (Å²) in [5.41, 5.74) is -0.322. The molecule has 1 aromatic carbocycles. The number of carboxylic acids is 1. The molecule has 0 amide bonds. The van der Waals surface area contributed by atoms with Crippen molar-refractivity contribution >= 4 is 11.7 Å². The van der Waals surface area contributed by atoms with Crippen molar-refractivity contribution in [3.63, 3.8) is 0 Å². The molecule has 7 heteroatoms. The zero-order valence-corrected chi connectivity index (χ0v) is 11.7. The SMILES string of the molecule is COC(Oc1cc(C(=O)O)ccc1[N+](=O)[O-])C1CCCC1. The van der Waals surface area contributed by atoms with Crippen LogP contribution in [0.1, 0.15) is 36.0 Å². The Bertz CT molecular complexity index is 538. The van der Waals surface area contributed by atoms with Gasteiger partial charge < -0.3 is 14.6 Å². The maximum Gasteiger partial charge on any atom is 0.335 e. The predicted octanol–water partition coefficient (Wildman–Crippen LogP) is 2.83. The normalized spacial score (nSPS) is 16.6. The number of hydrogen-bond donors (Lipinski definition) is 1. The minimum Gasteiger partial charge on any atom is -0.478 e. The first kappa shape index (κ1) is 15.2. The van der Waals surface area contributed by atoms with E-state index in [1.165, 1.54) is 19.2 Å². The van der Waals surface area contributed by atoms with Crippen molar-refractivity contribution in [1.29, 1.82) is 0 Å². The van der Waals surface area contributed by atoms with Crippen molar-refractivity contribution in [2.45, 2.75) is 32.0 Å². The highest BCUT2D eigenvalue weighted by Crippen LogP contribution is 2.34. The van der Waals surface area contributed by atoms with Crippen molar-refractivity contribution in [3.8, 4) is 5.75 Å². The second-order valence-electron chi connectivity index (χ2n) is 5.01. The molecule has 1 fully saturated rings. The summed E-state index contributed by atoms with van der Waals surface area (Å²) < 4.78 is 10.9. The smallest absolute Gasteiger partial charge is 0.335 e. The van der Waals surface area contributed by atoms with Gasteiger partial charge in [-0.25, -0.2) is 4.79 Å². The van der Waals surface area contributed by atoms with Gasteiger partial charge in [-0.05, 0) is 18.9 Å². The van der Waals surface area contributed by atoms with E-state index < -0.39 is 17.2 Å². The quantitative estimate of drug-likeness (QED) is 0.492. The third kappa shape index (κ3) is 3.49. The molecule has 114 valence electrons. The zero-order chi connectivity index (χ0) is 15.4. The van der Waals surface area contributed by atoms with E-state index in [0.29, 0.717) is 0 Å². The molecule has 0 heterocycles. The van der Waals surface area contributed by atoms with Gasteiger partial charge in [0, 0.05) is 25.2 Å². The van der Waals surface area contributed by atoms with Crippen LogP contribution in [0.5, 0.6) is 5.75 Å². The standard InChI is InChI=1S/C14H17NO6/c1-20-14(9-4-2-3-5-9)21-12-8-10(13(16)17)6-7-11(12)15(18)19/h6-9,14H,2-5H2,1H3,(H,16,17). The van der Waals surface area contributed by atoms with Crippen molar-refractivity contribution in [3.05, 3.63) is 33.9 Å². The minimum atomic E-state index is -1.16. The highest BCUT2D eigenvalue weighted by atomic mass is 16.7. The van der Waals surface area contributed by atoms with Gasteiger partial charge in [-0.15, -0.1) is 0 Å². The Kier molecular flexibility index (Phi) is 4.74. The summed E-state index contributed by atoms with van der Waals surface area (Å²) in [7, 11) is 1.48. The Morgan fingerprint density at radius 3 is 2.62 bits per heavy atom. The molecule has 21 heavy (non-hydrogen) atoms. The van der Waals surface area contributed by atoms with E-state index >= 15 is 0 Å². The van der Waals surface area contributed by atoms with Gasteiger partial charge in [-0.1, -0.05) is 12.8 Å². The van der Waals surface area contributed by atoms with Crippen LogP contribution in [0.25, 0.3) is 0 Å². The summed E-state index contributed by atoms with van der Waals surface area (Å²) in [6, 6.07) is 3.49. The molecule has 0 saturated heterocycles. The molecule has 1 N–H and O–H groups in total. The summed E-state index contributed by atoms with van der Waals surface area (Å²) in [6.45, 7) is 0. The van der Waals surface area contributed by atoms with Gasteiger partial charge in [0.15, 0.2) is 0 Å². The molecule has 0 spiro atoms. The highest BCUT2D eigenvalue weighted by Gasteiger charge is 2.29. The maximum absolute atomic E-state index is 11.0. The van der Waals surface area contributed by atoms with Crippen LogP contribution in [0.2, 0.25) is 0 Å². The number of nitrogens with zero attached hydrogens (tertiary/aromatic N) is 1. The highest BCUT2D eigenvalue weighted by molar-refractivity contribution is 5.88. The lowest BCUT2D eigenvalue weighted by molar-refractivity contribution is -0.386. The Balaban J connectivity index is 2.28. The molecule has 2 rings (SSSR count). The summed E-state index contributed by atoms with van der Waals surface area (Å²) in [5, 5.41) is 20.0. The van der Waals surface area contributed by atoms with Gasteiger partial charge in [-0.3, -0.25) is 10.1 Å². The molecule has 0 radical (unpaired) electrons. The fourth-order valence-corrected chi connectivity index (χ4v) is 2.58. The topological polar surface area (TPSA) is 98.9 Å². The summed E-state index contributed by atoms with van der Waals surface area (Å²) in [6.07, 6.45) is 3.42. The second-order valence-corrected chi connectivity index (χ2v) is 5.01. The van der Waals surface area contributed by atoms with E-state index in [4.69, 9.17) is 14.6 Å². The number of nitro groups is 1. The number of carboxylic acid groups (broad SMARTS) is 1. The van der Waals surface area contributed by atoms with E-state index in [1.807, 2.05) is 0 Å². The number of hydrogen-bond acceptors (Lipinski definition) is 5. The van der Waals surface area contributed by atoms with Gasteiger partial charge in [0.25, 0.3) is 0 Å². The molecule has 1 saturated carbocycles. The first-order valence-corrected chi connectivity index (χ1v) is 6.74. The number of methoxy groups -OCH3 is 1. The summed E-state index contributed by atoms with van der Waals surface area (Å²) in [5.74, 6) is -1.06. The van der Waals surface area contributed by atoms with Crippen LogP contribution in [-0.4, -0.2) is 29.4 Å². The van der Waals surface area contributed by atoms with E-state index in [9.17, 15) is 14.9 Å². The number of carbonyl (C=O) groups is 1. The van der Waals surface area contributed by atoms with Gasteiger partial charge >= 0.3 is 11.7 Å². The van der Waals surface area contributed by atoms with Crippen molar-refractivity contribution in [1.82, 2.24) is 0 Å². The van der Waals surface area contributed by atoms with Crippen molar-refractivity contribution in [2.24, 2.45) is 5.92 Å². The predicted molar refractivity (Wildman–Crippen MR) is 73.4 cm³/mol. The lowest BCUT2D eigenvalue weighted by Crippen LogP contribution is -2.27. The van der Waals surface area contributed by atoms with E-state index in [1.54, 1.807) is 0 Å². The molecule has 1 atom stereocenters. The average Bonchev–Trinajstić information content (AvgIpc) is 2.98. The van der Waals surface area contributed by atoms with Crippen LogP contribution in [0.3, 0.4) is 0 Å². The Morgan fingerprint density at radius 2 is 2.10 bits per heavy atom. The summed E-state index contributed by atoms with van der Waals surface area (Å²) in [4.78, 5) is 21.4. The van der Waals surface area contributed by atoms with Gasteiger partial charge in [0.05, 0.1) is 10.5 Å². The van der Waals surface area contributed by atoms with Crippen LogP contribution in [0, 0.1) is 16.0 Å². The molecule has 0 bridgehead atoms. The van der Waals surface area contributed by atoms with Crippen LogP contribution >= 0.6 is 0 Å². The fraction of sp³-hybridized carbons (Fsp3) is 0.500. The molecule has 7 nitrogen and oxygen atoms in total. The minimum absolute atomic E-state index is 0.0584. The molecular formula is C14H17NO6. The number of benzene rings is 1. The fourth-order valence-electron chi connectivity index (χ4n) is 2.58. The maximum atomic E-state index is 11.0. The Morgan fingerprint density at radius 1 is 1.43 bits per heavy atom. The van der Waals surface area contributed by atoms with Crippen LogP contribution in [0.4, 0.5) is 5.69 Å². The molecule has 0 aromatic heterocycles. The van der Waals surface area contributed by atoms with Crippen molar-refractivity contribution < 1.29 is 24.3 Å². The molecule has 1 aromatic rings. The lowest BCUT2D eigenvalue weighted by atomic mass is 10.1. The molecule has 1 aliphatic carbocycles. The molecular weight excluding hydrogens is 278 g/mol. The van der Waals surface area contributed by atoms with Gasteiger partial charge in [0.1, 0.15) is 0 Å². The zero-order valence-electron chi connectivity index (χ0n) is 11.7. The number of aromatic carboxylic acids is 1. The van der Waals surface area contributed by atoms with Crippen LogP contribution in [0.15, 0.2) is 18.2 Å². The third-order valence-electron chi connectivity index (χ3n) is 3.66. The number of ether oxygens (including phenoxy) is 2. The lowest BCUT2D eigenvalue weighted by Gasteiger charge is -2.23.